The third kappa shape index (κ3) is 2.17. The van der Waals surface area contributed by atoms with Gasteiger partial charge in [-0.2, -0.15) is 0 Å². The molecule has 0 aliphatic heterocycles. The number of halogens is 2. The monoisotopic (exact) mass is 432 g/mol. The van der Waals surface area contributed by atoms with Gasteiger partial charge in [0.25, 0.3) is 0 Å². The molecule has 0 fully saturated rings. The highest BCUT2D eigenvalue weighted by Crippen LogP contribution is 2.44. The lowest BCUT2D eigenvalue weighted by molar-refractivity contribution is 0.359. The van der Waals surface area contributed by atoms with Gasteiger partial charge in [-0.1, -0.05) is 12.7 Å². The SMILES string of the molecule is C=Cc1c(I)c(OC)c(O)c(I)c1OC. The number of aromatic hydroxyl groups is 1. The number of ether oxygens (including phenoxy) is 2. The Kier molecular flexibility index (Phi) is 4.50. The van der Waals surface area contributed by atoms with Crippen molar-refractivity contribution < 1.29 is 14.6 Å². The fourth-order valence-electron chi connectivity index (χ4n) is 1.22. The average molecular weight is 432 g/mol. The predicted octanol–water partition coefficient (Wildman–Crippen LogP) is 3.26. The first-order valence-electron chi connectivity index (χ1n) is 4.02. The Labute approximate surface area is 116 Å². The van der Waals surface area contributed by atoms with E-state index < -0.39 is 0 Å². The highest BCUT2D eigenvalue weighted by atomic mass is 127. The molecule has 0 aromatic heterocycles. The van der Waals surface area contributed by atoms with Crippen molar-refractivity contribution in [2.45, 2.75) is 0 Å². The minimum Gasteiger partial charge on any atom is -0.503 e. The Morgan fingerprint density at radius 3 is 2.07 bits per heavy atom. The highest BCUT2D eigenvalue weighted by molar-refractivity contribution is 14.1. The number of benzene rings is 1. The van der Waals surface area contributed by atoms with Gasteiger partial charge in [0.1, 0.15) is 9.32 Å². The Morgan fingerprint density at radius 1 is 1.13 bits per heavy atom. The molecule has 1 rings (SSSR count). The highest BCUT2D eigenvalue weighted by Gasteiger charge is 2.20. The van der Waals surface area contributed by atoms with Crippen LogP contribution in [0.2, 0.25) is 0 Å². The molecule has 0 bridgehead atoms. The molecule has 0 spiro atoms. The lowest BCUT2D eigenvalue weighted by Crippen LogP contribution is -1.98. The van der Waals surface area contributed by atoms with Gasteiger partial charge in [0.15, 0.2) is 11.5 Å². The molecular formula is C10H10I2O3. The third-order valence-corrected chi connectivity index (χ3v) is 3.99. The van der Waals surface area contributed by atoms with Gasteiger partial charge in [-0.25, -0.2) is 0 Å². The van der Waals surface area contributed by atoms with Crippen molar-refractivity contribution in [1.29, 1.82) is 0 Å². The van der Waals surface area contributed by atoms with E-state index in [1.54, 1.807) is 13.2 Å². The van der Waals surface area contributed by atoms with Gasteiger partial charge in [-0.3, -0.25) is 0 Å². The largest absolute Gasteiger partial charge is 0.503 e. The molecule has 0 heterocycles. The minimum atomic E-state index is 0.102. The average Bonchev–Trinajstić information content (AvgIpc) is 2.23. The Hall–Kier alpha value is -0.180. The molecule has 0 radical (unpaired) electrons. The molecule has 82 valence electrons. The molecular weight excluding hydrogens is 422 g/mol. The molecule has 0 aliphatic carbocycles. The maximum Gasteiger partial charge on any atom is 0.176 e. The van der Waals surface area contributed by atoms with E-state index in [0.29, 0.717) is 15.1 Å². The molecule has 3 nitrogen and oxygen atoms in total. The summed E-state index contributed by atoms with van der Waals surface area (Å²) in [5.74, 6) is 1.17. The van der Waals surface area contributed by atoms with E-state index in [4.69, 9.17) is 9.47 Å². The smallest absolute Gasteiger partial charge is 0.176 e. The third-order valence-electron chi connectivity index (χ3n) is 1.92. The summed E-state index contributed by atoms with van der Waals surface area (Å²) in [4.78, 5) is 0. The number of rotatable bonds is 3. The quantitative estimate of drug-likeness (QED) is 0.746. The summed E-state index contributed by atoms with van der Waals surface area (Å²) >= 11 is 4.11. The van der Waals surface area contributed by atoms with Crippen LogP contribution in [-0.2, 0) is 0 Å². The van der Waals surface area contributed by atoms with E-state index in [-0.39, 0.29) is 5.75 Å². The van der Waals surface area contributed by atoms with Crippen LogP contribution in [0, 0.1) is 7.14 Å². The summed E-state index contributed by atoms with van der Waals surface area (Å²) < 4.78 is 11.8. The van der Waals surface area contributed by atoms with Gasteiger partial charge in [-0.15, -0.1) is 0 Å². The van der Waals surface area contributed by atoms with Gasteiger partial charge >= 0.3 is 0 Å². The maximum absolute atomic E-state index is 9.86. The van der Waals surface area contributed by atoms with E-state index in [9.17, 15) is 5.11 Å². The maximum atomic E-state index is 9.86. The molecule has 1 aromatic rings. The standard InChI is InChI=1S/C10H10I2O3/c1-4-5-6(11)10(15-3)8(13)7(12)9(5)14-2/h4,13H,1H2,2-3H3. The van der Waals surface area contributed by atoms with Gasteiger partial charge < -0.3 is 14.6 Å². The first-order chi connectivity index (χ1) is 7.08. The van der Waals surface area contributed by atoms with Crippen molar-refractivity contribution in [1.82, 2.24) is 0 Å². The van der Waals surface area contributed by atoms with E-state index >= 15 is 0 Å². The molecule has 0 atom stereocenters. The summed E-state index contributed by atoms with van der Waals surface area (Å²) in [6.07, 6.45) is 1.69. The van der Waals surface area contributed by atoms with Gasteiger partial charge in [0.2, 0.25) is 0 Å². The van der Waals surface area contributed by atoms with Crippen LogP contribution in [0.25, 0.3) is 6.08 Å². The van der Waals surface area contributed by atoms with Gasteiger partial charge in [0, 0.05) is 5.56 Å². The van der Waals surface area contributed by atoms with Crippen LogP contribution < -0.4 is 9.47 Å². The molecule has 0 amide bonds. The Morgan fingerprint density at radius 2 is 1.67 bits per heavy atom. The van der Waals surface area contributed by atoms with E-state index in [1.165, 1.54) is 7.11 Å². The van der Waals surface area contributed by atoms with Crippen molar-refractivity contribution in [2.75, 3.05) is 14.2 Å². The second-order valence-corrected chi connectivity index (χ2v) is 4.82. The molecule has 0 unspecified atom stereocenters. The lowest BCUT2D eigenvalue weighted by atomic mass is 10.1. The zero-order valence-electron chi connectivity index (χ0n) is 8.30. The van der Waals surface area contributed by atoms with Crippen LogP contribution in [0.4, 0.5) is 0 Å². The van der Waals surface area contributed by atoms with Gasteiger partial charge in [-0.05, 0) is 45.2 Å². The minimum absolute atomic E-state index is 0.102. The molecule has 0 aliphatic rings. The van der Waals surface area contributed by atoms with Crippen molar-refractivity contribution in [3.05, 3.63) is 19.3 Å². The van der Waals surface area contributed by atoms with Crippen LogP contribution in [0.5, 0.6) is 17.2 Å². The van der Waals surface area contributed by atoms with Crippen LogP contribution in [0.3, 0.4) is 0 Å². The van der Waals surface area contributed by atoms with E-state index in [1.807, 2.05) is 22.6 Å². The second-order valence-electron chi connectivity index (χ2n) is 2.66. The summed E-state index contributed by atoms with van der Waals surface area (Å²) in [6, 6.07) is 0. The Balaban J connectivity index is 3.64. The lowest BCUT2D eigenvalue weighted by Gasteiger charge is -2.15. The summed E-state index contributed by atoms with van der Waals surface area (Å²) in [7, 11) is 3.08. The second kappa shape index (κ2) is 5.24. The van der Waals surface area contributed by atoms with Crippen LogP contribution in [0.1, 0.15) is 5.56 Å². The summed E-state index contributed by atoms with van der Waals surface area (Å²) in [5, 5.41) is 9.86. The molecule has 0 saturated heterocycles. The molecule has 5 heteroatoms. The fraction of sp³-hybridized carbons (Fsp3) is 0.200. The zero-order valence-corrected chi connectivity index (χ0v) is 12.6. The first kappa shape index (κ1) is 12.9. The molecule has 1 aromatic carbocycles. The number of methoxy groups -OCH3 is 2. The summed E-state index contributed by atoms with van der Waals surface area (Å²) in [6.45, 7) is 3.72. The number of hydrogen-bond acceptors (Lipinski definition) is 3. The van der Waals surface area contributed by atoms with Crippen LogP contribution in [0.15, 0.2) is 6.58 Å². The number of phenols is 1. The van der Waals surface area contributed by atoms with Crippen molar-refractivity contribution in [3.8, 4) is 17.2 Å². The topological polar surface area (TPSA) is 38.7 Å². The van der Waals surface area contributed by atoms with Crippen molar-refractivity contribution in [2.24, 2.45) is 0 Å². The summed E-state index contributed by atoms with van der Waals surface area (Å²) in [5.41, 5.74) is 0.831. The van der Waals surface area contributed by atoms with E-state index in [0.717, 1.165) is 9.13 Å². The number of phenolic OH excluding ortho intramolecular Hbond substituents is 1. The van der Waals surface area contributed by atoms with Crippen LogP contribution >= 0.6 is 45.2 Å². The van der Waals surface area contributed by atoms with Crippen LogP contribution in [-0.4, -0.2) is 19.3 Å². The van der Waals surface area contributed by atoms with E-state index in [2.05, 4.69) is 29.2 Å². The Bertz CT molecular complexity index is 402. The van der Waals surface area contributed by atoms with Crippen molar-refractivity contribution in [3.63, 3.8) is 0 Å². The fourth-order valence-corrected chi connectivity index (χ4v) is 2.92. The van der Waals surface area contributed by atoms with Crippen molar-refractivity contribution >= 4 is 51.3 Å². The molecule has 15 heavy (non-hydrogen) atoms. The predicted molar refractivity (Wildman–Crippen MR) is 76.7 cm³/mol. The number of hydrogen-bond donors (Lipinski definition) is 1. The first-order valence-corrected chi connectivity index (χ1v) is 6.18. The zero-order chi connectivity index (χ0) is 11.6. The van der Waals surface area contributed by atoms with Gasteiger partial charge in [0.05, 0.1) is 17.8 Å². The normalized spacial score (nSPS) is 9.87. The molecule has 0 saturated carbocycles. The molecule has 1 N–H and O–H groups in total.